The van der Waals surface area contributed by atoms with Crippen molar-refractivity contribution in [2.24, 2.45) is 0 Å². The molecule has 1 aliphatic heterocycles. The van der Waals surface area contributed by atoms with Crippen molar-refractivity contribution in [3.63, 3.8) is 0 Å². The molecule has 21 heavy (non-hydrogen) atoms. The van der Waals surface area contributed by atoms with E-state index < -0.39 is 15.9 Å². The largest absolute Gasteiger partial charge is 0.323 e. The normalized spacial score (nSPS) is 22.5. The standard InChI is InChI=1S/C14H21N3O3S/c1-10-13(6-3-7-15-10)17-14(18)11(2)16-12-5-4-8-21(19,20)9-12/h3,6-7,11-12,16H,4-5,8-9H2,1-2H3,(H,17,18)/t11-,12?/m0/s1. The summed E-state index contributed by atoms with van der Waals surface area (Å²) >= 11 is 0. The number of aromatic nitrogens is 1. The van der Waals surface area contributed by atoms with Crippen LogP contribution in [0.2, 0.25) is 0 Å². The van der Waals surface area contributed by atoms with Crippen LogP contribution < -0.4 is 10.6 Å². The van der Waals surface area contributed by atoms with Crippen molar-refractivity contribution in [2.45, 2.75) is 38.8 Å². The van der Waals surface area contributed by atoms with Crippen molar-refractivity contribution in [3.05, 3.63) is 24.0 Å². The van der Waals surface area contributed by atoms with Crippen LogP contribution in [0, 0.1) is 6.92 Å². The van der Waals surface area contributed by atoms with Crippen molar-refractivity contribution in [1.82, 2.24) is 10.3 Å². The second-order valence-electron chi connectivity index (χ2n) is 5.47. The fourth-order valence-corrected chi connectivity index (χ4v) is 4.09. The van der Waals surface area contributed by atoms with Gasteiger partial charge in [0.2, 0.25) is 5.91 Å². The molecule has 0 bridgehead atoms. The third-order valence-corrected chi connectivity index (χ3v) is 5.43. The fraction of sp³-hybridized carbons (Fsp3) is 0.571. The predicted molar refractivity (Wildman–Crippen MR) is 81.9 cm³/mol. The van der Waals surface area contributed by atoms with Crippen LogP contribution in [0.25, 0.3) is 0 Å². The lowest BCUT2D eigenvalue weighted by atomic mass is 10.1. The van der Waals surface area contributed by atoms with Crippen LogP contribution in [0.1, 0.15) is 25.5 Å². The van der Waals surface area contributed by atoms with Crippen molar-refractivity contribution >= 4 is 21.4 Å². The molecule has 0 saturated carbocycles. The number of hydrogen-bond donors (Lipinski definition) is 2. The third-order valence-electron chi connectivity index (χ3n) is 3.61. The van der Waals surface area contributed by atoms with E-state index in [0.717, 1.165) is 12.1 Å². The van der Waals surface area contributed by atoms with Gasteiger partial charge in [-0.25, -0.2) is 8.42 Å². The summed E-state index contributed by atoms with van der Waals surface area (Å²) in [6.07, 6.45) is 3.10. The Hall–Kier alpha value is -1.47. The Morgan fingerprint density at radius 2 is 2.24 bits per heavy atom. The fourth-order valence-electron chi connectivity index (χ4n) is 2.44. The Balaban J connectivity index is 1.92. The van der Waals surface area contributed by atoms with E-state index in [0.29, 0.717) is 12.1 Å². The first kappa shape index (κ1) is 15.9. The maximum atomic E-state index is 12.1. The van der Waals surface area contributed by atoms with Crippen LogP contribution in [0.3, 0.4) is 0 Å². The molecule has 2 heterocycles. The van der Waals surface area contributed by atoms with Gasteiger partial charge in [-0.1, -0.05) is 0 Å². The minimum Gasteiger partial charge on any atom is -0.323 e. The Labute approximate surface area is 125 Å². The zero-order valence-electron chi connectivity index (χ0n) is 12.3. The van der Waals surface area contributed by atoms with Crippen molar-refractivity contribution in [2.75, 3.05) is 16.8 Å². The Morgan fingerprint density at radius 3 is 2.90 bits per heavy atom. The Bertz CT molecular complexity index is 616. The van der Waals surface area contributed by atoms with Gasteiger partial charge >= 0.3 is 0 Å². The monoisotopic (exact) mass is 311 g/mol. The zero-order valence-corrected chi connectivity index (χ0v) is 13.1. The Kier molecular flexibility index (Phi) is 4.95. The molecule has 0 spiro atoms. The summed E-state index contributed by atoms with van der Waals surface area (Å²) in [5.41, 5.74) is 1.42. The number of aryl methyl sites for hydroxylation is 1. The summed E-state index contributed by atoms with van der Waals surface area (Å²) in [6.45, 7) is 3.56. The van der Waals surface area contributed by atoms with Gasteiger partial charge < -0.3 is 10.6 Å². The second kappa shape index (κ2) is 6.53. The molecular formula is C14H21N3O3S. The molecule has 1 aromatic heterocycles. The van der Waals surface area contributed by atoms with Gasteiger partial charge in [-0.05, 0) is 38.8 Å². The van der Waals surface area contributed by atoms with E-state index in [1.165, 1.54) is 0 Å². The lowest BCUT2D eigenvalue weighted by Gasteiger charge is -2.26. The van der Waals surface area contributed by atoms with E-state index in [1.54, 1.807) is 25.3 Å². The van der Waals surface area contributed by atoms with E-state index in [1.807, 2.05) is 6.92 Å². The smallest absolute Gasteiger partial charge is 0.241 e. The molecule has 1 fully saturated rings. The SMILES string of the molecule is Cc1ncccc1NC(=O)[C@H](C)NC1CCCS(=O)(=O)C1. The Morgan fingerprint density at radius 1 is 1.48 bits per heavy atom. The number of rotatable bonds is 4. The molecule has 2 N–H and O–H groups in total. The van der Waals surface area contributed by atoms with Gasteiger partial charge in [0.05, 0.1) is 28.9 Å². The molecule has 2 atom stereocenters. The summed E-state index contributed by atoms with van der Waals surface area (Å²) in [6, 6.07) is 2.94. The highest BCUT2D eigenvalue weighted by Gasteiger charge is 2.27. The molecule has 6 nitrogen and oxygen atoms in total. The number of carbonyl (C=O) groups is 1. The first-order valence-electron chi connectivity index (χ1n) is 7.06. The number of hydrogen-bond acceptors (Lipinski definition) is 5. The molecule has 0 aromatic carbocycles. The molecule has 0 radical (unpaired) electrons. The number of carbonyl (C=O) groups excluding carboxylic acids is 1. The maximum absolute atomic E-state index is 12.1. The number of nitrogens with one attached hydrogen (secondary N) is 2. The molecule has 0 aliphatic carbocycles. The van der Waals surface area contributed by atoms with E-state index in [-0.39, 0.29) is 23.5 Å². The first-order valence-corrected chi connectivity index (χ1v) is 8.88. The quantitative estimate of drug-likeness (QED) is 0.862. The van der Waals surface area contributed by atoms with Gasteiger partial charge in [0.25, 0.3) is 0 Å². The summed E-state index contributed by atoms with van der Waals surface area (Å²) in [5.74, 6) is 0.172. The van der Waals surface area contributed by atoms with Gasteiger partial charge in [-0.15, -0.1) is 0 Å². The van der Waals surface area contributed by atoms with Crippen molar-refractivity contribution in [3.8, 4) is 0 Å². The minimum absolute atomic E-state index is 0.108. The lowest BCUT2D eigenvalue weighted by molar-refractivity contribution is -0.118. The second-order valence-corrected chi connectivity index (χ2v) is 7.70. The number of anilines is 1. The molecule has 1 aliphatic rings. The van der Waals surface area contributed by atoms with Crippen LogP contribution in [0.4, 0.5) is 5.69 Å². The molecule has 1 amide bonds. The number of nitrogens with zero attached hydrogens (tertiary/aromatic N) is 1. The van der Waals surface area contributed by atoms with Crippen LogP contribution >= 0.6 is 0 Å². The average Bonchev–Trinajstić information content (AvgIpc) is 2.40. The van der Waals surface area contributed by atoms with Crippen molar-refractivity contribution < 1.29 is 13.2 Å². The highest BCUT2D eigenvalue weighted by molar-refractivity contribution is 7.91. The molecule has 1 unspecified atom stereocenters. The topological polar surface area (TPSA) is 88.2 Å². The van der Waals surface area contributed by atoms with Crippen molar-refractivity contribution in [1.29, 1.82) is 0 Å². The van der Waals surface area contributed by atoms with E-state index >= 15 is 0 Å². The molecule has 7 heteroatoms. The summed E-state index contributed by atoms with van der Waals surface area (Å²) in [4.78, 5) is 16.3. The van der Waals surface area contributed by atoms with Gasteiger partial charge in [-0.2, -0.15) is 0 Å². The third kappa shape index (κ3) is 4.50. The van der Waals surface area contributed by atoms with Gasteiger partial charge in [0, 0.05) is 12.2 Å². The lowest BCUT2D eigenvalue weighted by Crippen LogP contribution is -2.48. The number of pyridine rings is 1. The molecular weight excluding hydrogens is 290 g/mol. The number of amides is 1. The molecule has 2 rings (SSSR count). The van der Waals surface area contributed by atoms with Crippen LogP contribution in [-0.2, 0) is 14.6 Å². The summed E-state index contributed by atoms with van der Waals surface area (Å²) in [7, 11) is -2.97. The molecule has 1 saturated heterocycles. The summed E-state index contributed by atoms with van der Waals surface area (Å²) in [5, 5.41) is 5.91. The van der Waals surface area contributed by atoms with Gasteiger partial charge in [-0.3, -0.25) is 9.78 Å². The first-order chi connectivity index (χ1) is 9.87. The van der Waals surface area contributed by atoms with Gasteiger partial charge in [0.1, 0.15) is 0 Å². The highest BCUT2D eigenvalue weighted by Crippen LogP contribution is 2.14. The minimum atomic E-state index is -2.97. The number of sulfone groups is 1. The average molecular weight is 311 g/mol. The van der Waals surface area contributed by atoms with Crippen LogP contribution in [0.5, 0.6) is 0 Å². The van der Waals surface area contributed by atoms with E-state index in [2.05, 4.69) is 15.6 Å². The van der Waals surface area contributed by atoms with E-state index in [9.17, 15) is 13.2 Å². The van der Waals surface area contributed by atoms with Crippen LogP contribution in [-0.4, -0.2) is 42.9 Å². The zero-order chi connectivity index (χ0) is 15.5. The van der Waals surface area contributed by atoms with Gasteiger partial charge in [0.15, 0.2) is 9.84 Å². The van der Waals surface area contributed by atoms with Crippen LogP contribution in [0.15, 0.2) is 18.3 Å². The predicted octanol–water partition coefficient (Wildman–Crippen LogP) is 0.884. The van der Waals surface area contributed by atoms with E-state index in [4.69, 9.17) is 0 Å². The maximum Gasteiger partial charge on any atom is 0.241 e. The summed E-state index contributed by atoms with van der Waals surface area (Å²) < 4.78 is 23.2. The highest BCUT2D eigenvalue weighted by atomic mass is 32.2. The molecule has 1 aromatic rings. The molecule has 116 valence electrons.